The first-order valence-corrected chi connectivity index (χ1v) is 5.18. The number of aryl methyl sites for hydroxylation is 3. The van der Waals surface area contributed by atoms with Crippen molar-refractivity contribution in [3.63, 3.8) is 0 Å². The van der Waals surface area contributed by atoms with Crippen LogP contribution in [0.4, 0.5) is 0 Å². The van der Waals surface area contributed by atoms with E-state index in [1.54, 1.807) is 0 Å². The molecule has 0 spiro atoms. The van der Waals surface area contributed by atoms with Crippen LogP contribution in [0.15, 0.2) is 12.1 Å². The molecule has 0 unspecified atom stereocenters. The number of aliphatic hydroxyl groups excluding tert-OH is 1. The molecule has 2 rings (SSSR count). The number of imidazole rings is 1. The van der Waals surface area contributed by atoms with Gasteiger partial charge in [-0.15, -0.1) is 0 Å². The van der Waals surface area contributed by atoms with E-state index in [0.29, 0.717) is 6.54 Å². The third kappa shape index (κ3) is 1.63. The summed E-state index contributed by atoms with van der Waals surface area (Å²) in [7, 11) is 0. The van der Waals surface area contributed by atoms with Crippen LogP contribution >= 0.6 is 0 Å². The van der Waals surface area contributed by atoms with Crippen molar-refractivity contribution in [2.45, 2.75) is 27.3 Å². The monoisotopic (exact) mass is 204 g/mol. The zero-order valence-electron chi connectivity index (χ0n) is 9.41. The molecule has 3 heteroatoms. The van der Waals surface area contributed by atoms with Crippen LogP contribution in [0, 0.1) is 20.8 Å². The lowest BCUT2D eigenvalue weighted by Crippen LogP contribution is -2.03. The molecular weight excluding hydrogens is 188 g/mol. The van der Waals surface area contributed by atoms with Gasteiger partial charge in [0.15, 0.2) is 0 Å². The van der Waals surface area contributed by atoms with E-state index in [9.17, 15) is 0 Å². The van der Waals surface area contributed by atoms with Gasteiger partial charge >= 0.3 is 0 Å². The van der Waals surface area contributed by atoms with Gasteiger partial charge in [0.1, 0.15) is 5.82 Å². The lowest BCUT2D eigenvalue weighted by atomic mass is 10.1. The number of hydrogen-bond acceptors (Lipinski definition) is 2. The minimum atomic E-state index is 0.152. The molecule has 0 aliphatic rings. The number of rotatable bonds is 2. The molecule has 1 aromatic heterocycles. The summed E-state index contributed by atoms with van der Waals surface area (Å²) in [5, 5.41) is 9.00. The number of fused-ring (bicyclic) bond motifs is 1. The van der Waals surface area contributed by atoms with Crippen molar-refractivity contribution in [3.8, 4) is 0 Å². The van der Waals surface area contributed by atoms with Gasteiger partial charge in [-0.05, 0) is 44.0 Å². The van der Waals surface area contributed by atoms with E-state index in [2.05, 4.69) is 35.5 Å². The fourth-order valence-electron chi connectivity index (χ4n) is 1.88. The van der Waals surface area contributed by atoms with E-state index in [0.717, 1.165) is 16.9 Å². The smallest absolute Gasteiger partial charge is 0.106 e. The number of aliphatic hydroxyl groups is 1. The standard InChI is InChI=1S/C12H16N2O/c1-8-6-11-12(7-9(8)2)14(4-5-15)10(3)13-11/h6-7,15H,4-5H2,1-3H3. The first kappa shape index (κ1) is 10.2. The summed E-state index contributed by atoms with van der Waals surface area (Å²) in [5.74, 6) is 0.962. The topological polar surface area (TPSA) is 38.0 Å². The molecule has 1 heterocycles. The van der Waals surface area contributed by atoms with E-state index in [1.807, 2.05) is 6.92 Å². The van der Waals surface area contributed by atoms with Gasteiger partial charge in [0, 0.05) is 6.54 Å². The molecule has 0 radical (unpaired) electrons. The predicted octanol–water partition coefficient (Wildman–Crippen LogP) is 1.95. The van der Waals surface area contributed by atoms with Gasteiger partial charge in [-0.2, -0.15) is 0 Å². The summed E-state index contributed by atoms with van der Waals surface area (Å²) in [6, 6.07) is 4.24. The van der Waals surface area contributed by atoms with Gasteiger partial charge in [0.2, 0.25) is 0 Å². The number of aromatic nitrogens is 2. The summed E-state index contributed by atoms with van der Waals surface area (Å²) in [5.41, 5.74) is 4.66. The third-order valence-electron chi connectivity index (χ3n) is 2.88. The van der Waals surface area contributed by atoms with Crippen molar-refractivity contribution >= 4 is 11.0 Å². The highest BCUT2D eigenvalue weighted by atomic mass is 16.3. The Labute approximate surface area is 89.4 Å². The molecule has 0 saturated carbocycles. The lowest BCUT2D eigenvalue weighted by Gasteiger charge is -2.05. The van der Waals surface area contributed by atoms with Gasteiger partial charge in [0.05, 0.1) is 17.6 Å². The molecule has 1 N–H and O–H groups in total. The Balaban J connectivity index is 2.70. The molecular formula is C12H16N2O. The van der Waals surface area contributed by atoms with E-state index in [4.69, 9.17) is 5.11 Å². The van der Waals surface area contributed by atoms with Crippen molar-refractivity contribution in [2.24, 2.45) is 0 Å². The second-order valence-electron chi connectivity index (χ2n) is 3.96. The van der Waals surface area contributed by atoms with Gasteiger partial charge < -0.3 is 9.67 Å². The van der Waals surface area contributed by atoms with Gasteiger partial charge in [-0.3, -0.25) is 0 Å². The van der Waals surface area contributed by atoms with Crippen LogP contribution in [0.2, 0.25) is 0 Å². The molecule has 0 aliphatic carbocycles. The summed E-state index contributed by atoms with van der Waals surface area (Å²) < 4.78 is 2.06. The van der Waals surface area contributed by atoms with Crippen molar-refractivity contribution in [2.75, 3.05) is 6.61 Å². The highest BCUT2D eigenvalue weighted by molar-refractivity contribution is 5.78. The molecule has 0 aliphatic heterocycles. The van der Waals surface area contributed by atoms with Gasteiger partial charge in [-0.25, -0.2) is 4.98 Å². The van der Waals surface area contributed by atoms with Crippen LogP contribution in [-0.4, -0.2) is 21.3 Å². The first-order chi connectivity index (χ1) is 7.13. The summed E-state index contributed by atoms with van der Waals surface area (Å²) >= 11 is 0. The maximum atomic E-state index is 9.00. The maximum absolute atomic E-state index is 9.00. The molecule has 3 nitrogen and oxygen atoms in total. The van der Waals surface area contributed by atoms with Crippen molar-refractivity contribution in [3.05, 3.63) is 29.1 Å². The highest BCUT2D eigenvalue weighted by Crippen LogP contribution is 2.20. The van der Waals surface area contributed by atoms with Crippen LogP contribution in [0.5, 0.6) is 0 Å². The highest BCUT2D eigenvalue weighted by Gasteiger charge is 2.07. The zero-order valence-corrected chi connectivity index (χ0v) is 9.41. The molecule has 0 fully saturated rings. The molecule has 1 aromatic carbocycles. The van der Waals surface area contributed by atoms with Crippen molar-refractivity contribution < 1.29 is 5.11 Å². The fourth-order valence-corrected chi connectivity index (χ4v) is 1.88. The van der Waals surface area contributed by atoms with Crippen LogP contribution < -0.4 is 0 Å². The lowest BCUT2D eigenvalue weighted by molar-refractivity contribution is 0.276. The largest absolute Gasteiger partial charge is 0.395 e. The Morgan fingerprint density at radius 2 is 1.87 bits per heavy atom. The molecule has 0 bridgehead atoms. The third-order valence-corrected chi connectivity index (χ3v) is 2.88. The minimum Gasteiger partial charge on any atom is -0.395 e. The Morgan fingerprint density at radius 1 is 1.20 bits per heavy atom. The SMILES string of the molecule is Cc1cc2nc(C)n(CCO)c2cc1C. The van der Waals surface area contributed by atoms with Crippen molar-refractivity contribution in [1.29, 1.82) is 0 Å². The number of benzene rings is 1. The van der Waals surface area contributed by atoms with Crippen molar-refractivity contribution in [1.82, 2.24) is 9.55 Å². The Hall–Kier alpha value is -1.35. The quantitative estimate of drug-likeness (QED) is 0.812. The van der Waals surface area contributed by atoms with E-state index in [-0.39, 0.29) is 6.61 Å². The van der Waals surface area contributed by atoms with Crippen LogP contribution in [-0.2, 0) is 6.54 Å². The molecule has 2 aromatic rings. The van der Waals surface area contributed by atoms with E-state index >= 15 is 0 Å². The van der Waals surface area contributed by atoms with Crippen LogP contribution in [0.1, 0.15) is 17.0 Å². The molecule has 0 amide bonds. The molecule has 80 valence electrons. The predicted molar refractivity (Wildman–Crippen MR) is 61.0 cm³/mol. The average Bonchev–Trinajstić information content (AvgIpc) is 2.46. The number of hydrogen-bond donors (Lipinski definition) is 1. The van der Waals surface area contributed by atoms with Gasteiger partial charge in [0.25, 0.3) is 0 Å². The molecule has 0 saturated heterocycles. The fraction of sp³-hybridized carbons (Fsp3) is 0.417. The summed E-state index contributed by atoms with van der Waals surface area (Å²) in [6.45, 7) is 6.93. The summed E-state index contributed by atoms with van der Waals surface area (Å²) in [4.78, 5) is 4.49. The van der Waals surface area contributed by atoms with Crippen LogP contribution in [0.3, 0.4) is 0 Å². The van der Waals surface area contributed by atoms with Gasteiger partial charge in [-0.1, -0.05) is 0 Å². The van der Waals surface area contributed by atoms with Crippen LogP contribution in [0.25, 0.3) is 11.0 Å². The Bertz CT molecular complexity index is 500. The minimum absolute atomic E-state index is 0.152. The second-order valence-corrected chi connectivity index (χ2v) is 3.96. The first-order valence-electron chi connectivity index (χ1n) is 5.18. The Morgan fingerprint density at radius 3 is 2.53 bits per heavy atom. The second kappa shape index (κ2) is 3.66. The Kier molecular flexibility index (Phi) is 2.49. The number of nitrogens with zero attached hydrogens (tertiary/aromatic N) is 2. The average molecular weight is 204 g/mol. The maximum Gasteiger partial charge on any atom is 0.106 e. The zero-order chi connectivity index (χ0) is 11.0. The molecule has 0 atom stereocenters. The van der Waals surface area contributed by atoms with E-state index < -0.39 is 0 Å². The normalized spacial score (nSPS) is 11.2. The summed E-state index contributed by atoms with van der Waals surface area (Å²) in [6.07, 6.45) is 0. The van der Waals surface area contributed by atoms with E-state index in [1.165, 1.54) is 11.1 Å². The molecule has 15 heavy (non-hydrogen) atoms.